The van der Waals surface area contributed by atoms with Gasteiger partial charge in [0, 0.05) is 0 Å². The van der Waals surface area contributed by atoms with Crippen LogP contribution in [0.3, 0.4) is 0 Å². The van der Waals surface area contributed by atoms with Gasteiger partial charge in [0.1, 0.15) is 0 Å². The summed E-state index contributed by atoms with van der Waals surface area (Å²) in [5.41, 5.74) is -0.762. The monoisotopic (exact) mass is 172 g/mol. The third-order valence-corrected chi connectivity index (χ3v) is 2.28. The van der Waals surface area contributed by atoms with Crippen LogP contribution in [0.4, 0.5) is 0 Å². The molecule has 0 amide bonds. The molecular weight excluding hydrogens is 160 g/mol. The maximum atomic E-state index is 11.2. The fraction of sp³-hybridized carbons (Fsp3) is 0.750. The zero-order valence-corrected chi connectivity index (χ0v) is 7.16. The first-order chi connectivity index (χ1) is 5.52. The standard InChI is InChI=1S/C8H12O4/c1-3-12-7(11)8(2)4-5(8)6(9)10/h5H,3-4H2,1-2H3,(H,9,10). The summed E-state index contributed by atoms with van der Waals surface area (Å²) in [5, 5.41) is 8.60. The van der Waals surface area contributed by atoms with Gasteiger partial charge in [-0.15, -0.1) is 0 Å². The molecule has 0 aromatic heterocycles. The molecule has 1 saturated carbocycles. The van der Waals surface area contributed by atoms with Crippen molar-refractivity contribution in [1.82, 2.24) is 0 Å². The van der Waals surface area contributed by atoms with Crippen molar-refractivity contribution >= 4 is 11.9 Å². The number of aliphatic carboxylic acids is 1. The zero-order valence-electron chi connectivity index (χ0n) is 7.16. The van der Waals surface area contributed by atoms with Gasteiger partial charge in [-0.25, -0.2) is 0 Å². The van der Waals surface area contributed by atoms with Crippen molar-refractivity contribution in [2.24, 2.45) is 11.3 Å². The predicted octanol–water partition coefficient (Wildman–Crippen LogP) is 0.660. The summed E-state index contributed by atoms with van der Waals surface area (Å²) in [6, 6.07) is 0. The molecule has 0 spiro atoms. The summed E-state index contributed by atoms with van der Waals surface area (Å²) in [5.74, 6) is -1.85. The lowest BCUT2D eigenvalue weighted by molar-refractivity contribution is -0.152. The van der Waals surface area contributed by atoms with E-state index in [0.29, 0.717) is 13.0 Å². The molecule has 0 saturated heterocycles. The van der Waals surface area contributed by atoms with E-state index in [1.807, 2.05) is 0 Å². The van der Waals surface area contributed by atoms with Crippen molar-refractivity contribution in [3.63, 3.8) is 0 Å². The highest BCUT2D eigenvalue weighted by Crippen LogP contribution is 2.53. The van der Waals surface area contributed by atoms with Crippen LogP contribution in [-0.4, -0.2) is 23.7 Å². The lowest BCUT2D eigenvalue weighted by atomic mass is 10.1. The summed E-state index contributed by atoms with van der Waals surface area (Å²) < 4.78 is 4.75. The first kappa shape index (κ1) is 9.03. The average Bonchev–Trinajstić information content (AvgIpc) is 2.65. The lowest BCUT2D eigenvalue weighted by Crippen LogP contribution is -2.20. The number of carboxylic acids is 1. The van der Waals surface area contributed by atoms with Gasteiger partial charge in [0.05, 0.1) is 17.9 Å². The van der Waals surface area contributed by atoms with Gasteiger partial charge in [0.15, 0.2) is 0 Å². The number of carbonyl (C=O) groups is 2. The molecule has 4 nitrogen and oxygen atoms in total. The molecular formula is C8H12O4. The summed E-state index contributed by atoms with van der Waals surface area (Å²) in [7, 11) is 0. The van der Waals surface area contributed by atoms with E-state index in [1.165, 1.54) is 0 Å². The number of hydrogen-bond donors (Lipinski definition) is 1. The molecule has 68 valence electrons. The van der Waals surface area contributed by atoms with Gasteiger partial charge in [-0.2, -0.15) is 0 Å². The van der Waals surface area contributed by atoms with E-state index in [9.17, 15) is 9.59 Å². The van der Waals surface area contributed by atoms with E-state index in [1.54, 1.807) is 13.8 Å². The molecule has 12 heavy (non-hydrogen) atoms. The Balaban J connectivity index is 2.54. The maximum Gasteiger partial charge on any atom is 0.312 e. The second-order valence-corrected chi connectivity index (χ2v) is 3.23. The van der Waals surface area contributed by atoms with Crippen molar-refractivity contribution in [1.29, 1.82) is 0 Å². The highest BCUT2D eigenvalue weighted by molar-refractivity contribution is 5.89. The van der Waals surface area contributed by atoms with Gasteiger partial charge in [0.25, 0.3) is 0 Å². The predicted molar refractivity (Wildman–Crippen MR) is 40.5 cm³/mol. The summed E-state index contributed by atoms with van der Waals surface area (Å²) in [4.78, 5) is 21.6. The molecule has 0 radical (unpaired) electrons. The fourth-order valence-electron chi connectivity index (χ4n) is 1.25. The van der Waals surface area contributed by atoms with Crippen LogP contribution in [0.5, 0.6) is 0 Å². The first-order valence-electron chi connectivity index (χ1n) is 3.92. The topological polar surface area (TPSA) is 63.6 Å². The highest BCUT2D eigenvalue weighted by atomic mass is 16.5. The van der Waals surface area contributed by atoms with E-state index in [2.05, 4.69) is 0 Å². The molecule has 1 fully saturated rings. The Hall–Kier alpha value is -1.06. The highest BCUT2D eigenvalue weighted by Gasteiger charge is 2.61. The largest absolute Gasteiger partial charge is 0.481 e. The summed E-state index contributed by atoms with van der Waals surface area (Å²) >= 11 is 0. The number of esters is 1. The first-order valence-corrected chi connectivity index (χ1v) is 3.92. The number of hydrogen-bond acceptors (Lipinski definition) is 3. The van der Waals surface area contributed by atoms with Crippen LogP contribution < -0.4 is 0 Å². The molecule has 0 bridgehead atoms. The molecule has 2 atom stereocenters. The summed E-state index contributed by atoms with van der Waals surface area (Å²) in [6.45, 7) is 3.64. The van der Waals surface area contributed by atoms with Crippen LogP contribution in [0.1, 0.15) is 20.3 Å². The Kier molecular flexibility index (Phi) is 2.08. The quantitative estimate of drug-likeness (QED) is 0.635. The zero-order chi connectivity index (χ0) is 9.35. The van der Waals surface area contributed by atoms with Crippen LogP contribution in [0.15, 0.2) is 0 Å². The molecule has 4 heteroatoms. The number of rotatable bonds is 3. The minimum Gasteiger partial charge on any atom is -0.481 e. The molecule has 0 aliphatic heterocycles. The fourth-order valence-corrected chi connectivity index (χ4v) is 1.25. The van der Waals surface area contributed by atoms with E-state index in [0.717, 1.165) is 0 Å². The molecule has 1 rings (SSSR count). The van der Waals surface area contributed by atoms with Crippen molar-refractivity contribution < 1.29 is 19.4 Å². The smallest absolute Gasteiger partial charge is 0.312 e. The molecule has 0 heterocycles. The molecule has 1 aliphatic rings. The van der Waals surface area contributed by atoms with Gasteiger partial charge < -0.3 is 9.84 Å². The summed E-state index contributed by atoms with van der Waals surface area (Å²) in [6.07, 6.45) is 0.404. The van der Waals surface area contributed by atoms with Crippen molar-refractivity contribution in [3.8, 4) is 0 Å². The molecule has 0 aromatic rings. The Morgan fingerprint density at radius 2 is 2.25 bits per heavy atom. The Morgan fingerprint density at radius 1 is 1.67 bits per heavy atom. The SMILES string of the molecule is CCOC(=O)C1(C)CC1C(=O)O. The van der Waals surface area contributed by atoms with E-state index >= 15 is 0 Å². The number of carboxylic acid groups (broad SMARTS) is 1. The van der Waals surface area contributed by atoms with E-state index < -0.39 is 23.3 Å². The molecule has 2 unspecified atom stereocenters. The number of ether oxygens (including phenoxy) is 1. The van der Waals surface area contributed by atoms with Crippen molar-refractivity contribution in [3.05, 3.63) is 0 Å². The minimum absolute atomic E-state index is 0.306. The van der Waals surface area contributed by atoms with E-state index in [-0.39, 0.29) is 0 Å². The molecule has 0 aromatic carbocycles. The van der Waals surface area contributed by atoms with Crippen LogP contribution in [0.2, 0.25) is 0 Å². The Labute approximate surface area is 70.5 Å². The van der Waals surface area contributed by atoms with Crippen molar-refractivity contribution in [2.45, 2.75) is 20.3 Å². The second kappa shape index (κ2) is 2.77. The minimum atomic E-state index is -0.912. The van der Waals surface area contributed by atoms with Gasteiger partial charge in [-0.05, 0) is 20.3 Å². The van der Waals surface area contributed by atoms with Gasteiger partial charge >= 0.3 is 11.9 Å². The van der Waals surface area contributed by atoms with Crippen molar-refractivity contribution in [2.75, 3.05) is 6.61 Å². The van der Waals surface area contributed by atoms with E-state index in [4.69, 9.17) is 9.84 Å². The Bertz CT molecular complexity index is 223. The molecule has 1 aliphatic carbocycles. The molecule has 1 N–H and O–H groups in total. The average molecular weight is 172 g/mol. The third kappa shape index (κ3) is 1.29. The maximum absolute atomic E-state index is 11.2. The van der Waals surface area contributed by atoms with Crippen LogP contribution in [0, 0.1) is 11.3 Å². The van der Waals surface area contributed by atoms with Crippen LogP contribution in [0.25, 0.3) is 0 Å². The Morgan fingerprint density at radius 3 is 2.58 bits per heavy atom. The van der Waals surface area contributed by atoms with Gasteiger partial charge in [0.2, 0.25) is 0 Å². The lowest BCUT2D eigenvalue weighted by Gasteiger charge is -2.07. The number of carbonyl (C=O) groups excluding carboxylic acids is 1. The normalized spacial score (nSPS) is 32.7. The second-order valence-electron chi connectivity index (χ2n) is 3.23. The van der Waals surface area contributed by atoms with Gasteiger partial charge in [-0.1, -0.05) is 0 Å². The van der Waals surface area contributed by atoms with Gasteiger partial charge in [-0.3, -0.25) is 9.59 Å². The van der Waals surface area contributed by atoms with Crippen LogP contribution in [-0.2, 0) is 14.3 Å². The third-order valence-electron chi connectivity index (χ3n) is 2.28. The van der Waals surface area contributed by atoms with Crippen LogP contribution >= 0.6 is 0 Å².